The first-order chi connectivity index (χ1) is 14.7. The lowest BCUT2D eigenvalue weighted by atomic mass is 10.0. The van der Waals surface area contributed by atoms with E-state index in [9.17, 15) is 4.79 Å². The number of ether oxygens (including phenoxy) is 2. The van der Waals surface area contributed by atoms with Gasteiger partial charge in [0.2, 0.25) is 5.91 Å². The third kappa shape index (κ3) is 2.98. The molecule has 5 rings (SSSR count). The zero-order valence-corrected chi connectivity index (χ0v) is 17.1. The van der Waals surface area contributed by atoms with Gasteiger partial charge in [0.05, 0.1) is 25.8 Å². The van der Waals surface area contributed by atoms with Gasteiger partial charge in [-0.25, -0.2) is 0 Å². The van der Waals surface area contributed by atoms with Crippen LogP contribution in [0.25, 0.3) is 21.9 Å². The number of hydrogen-bond donors (Lipinski definition) is 0. The van der Waals surface area contributed by atoms with Gasteiger partial charge in [-0.3, -0.25) is 4.79 Å². The average Bonchev–Trinajstić information content (AvgIpc) is 3.33. The highest BCUT2D eigenvalue weighted by atomic mass is 16.5. The molecule has 1 atom stereocenters. The summed E-state index contributed by atoms with van der Waals surface area (Å²) in [5.74, 6) is 1.63. The topological polar surface area (TPSA) is 51.9 Å². The Morgan fingerprint density at radius 3 is 2.43 bits per heavy atom. The monoisotopic (exact) mass is 401 g/mol. The molecule has 30 heavy (non-hydrogen) atoms. The van der Waals surface area contributed by atoms with Gasteiger partial charge in [0.25, 0.3) is 0 Å². The highest BCUT2D eigenvalue weighted by molar-refractivity contribution is 6.05. The van der Waals surface area contributed by atoms with Crippen molar-refractivity contribution in [3.8, 4) is 11.5 Å². The van der Waals surface area contributed by atoms with Crippen LogP contribution < -0.4 is 9.47 Å². The zero-order valence-electron chi connectivity index (χ0n) is 17.1. The number of furan rings is 1. The third-order valence-electron chi connectivity index (χ3n) is 5.92. The summed E-state index contributed by atoms with van der Waals surface area (Å²) in [4.78, 5) is 14.7. The molecule has 0 spiro atoms. The predicted octanol–water partition coefficient (Wildman–Crippen LogP) is 5.47. The second kappa shape index (κ2) is 7.41. The number of rotatable bonds is 5. The van der Waals surface area contributed by atoms with E-state index < -0.39 is 0 Å². The van der Waals surface area contributed by atoms with Crippen LogP contribution in [-0.4, -0.2) is 25.0 Å². The number of carbonyl (C=O) groups excluding carboxylic acids is 1. The maximum atomic E-state index is 12.8. The molecule has 1 aliphatic rings. The number of benzene rings is 3. The highest BCUT2D eigenvalue weighted by Crippen LogP contribution is 2.43. The fraction of sp³-hybridized carbons (Fsp3) is 0.240. The van der Waals surface area contributed by atoms with Crippen molar-refractivity contribution in [3.63, 3.8) is 0 Å². The van der Waals surface area contributed by atoms with Crippen molar-refractivity contribution in [1.29, 1.82) is 0 Å². The predicted molar refractivity (Wildman–Crippen MR) is 116 cm³/mol. The quantitative estimate of drug-likeness (QED) is 0.445. The molecule has 152 valence electrons. The zero-order chi connectivity index (χ0) is 20.7. The van der Waals surface area contributed by atoms with Crippen LogP contribution >= 0.6 is 0 Å². The molecular weight excluding hydrogens is 378 g/mol. The number of nitrogens with zero attached hydrogens (tertiary/aromatic N) is 1. The first kappa shape index (κ1) is 18.6. The fourth-order valence-electron chi connectivity index (χ4n) is 4.51. The van der Waals surface area contributed by atoms with E-state index in [-0.39, 0.29) is 11.9 Å². The number of fused-ring (bicyclic) bond motifs is 3. The summed E-state index contributed by atoms with van der Waals surface area (Å²) < 4.78 is 17.1. The number of amides is 1. The number of likely N-dealkylation sites (tertiary alicyclic amines) is 1. The summed E-state index contributed by atoms with van der Waals surface area (Å²) in [5.41, 5.74) is 3.74. The molecule has 0 saturated carbocycles. The van der Waals surface area contributed by atoms with Gasteiger partial charge in [0.1, 0.15) is 22.7 Å². The van der Waals surface area contributed by atoms with Gasteiger partial charge in [-0.15, -0.1) is 0 Å². The Morgan fingerprint density at radius 2 is 1.67 bits per heavy atom. The van der Waals surface area contributed by atoms with Gasteiger partial charge in [-0.1, -0.05) is 30.3 Å². The van der Waals surface area contributed by atoms with Crippen molar-refractivity contribution < 1.29 is 18.7 Å². The van der Waals surface area contributed by atoms with Crippen LogP contribution in [0.5, 0.6) is 11.5 Å². The molecule has 5 nitrogen and oxygen atoms in total. The van der Waals surface area contributed by atoms with Crippen molar-refractivity contribution in [2.24, 2.45) is 0 Å². The molecule has 0 radical (unpaired) electrons. The minimum atomic E-state index is -0.0830. The molecule has 1 aromatic heterocycles. The smallest absolute Gasteiger partial charge is 0.223 e. The highest BCUT2D eigenvalue weighted by Gasteiger charge is 2.35. The van der Waals surface area contributed by atoms with Crippen molar-refractivity contribution in [2.45, 2.75) is 25.4 Å². The molecule has 5 heteroatoms. The number of hydrogen-bond acceptors (Lipinski definition) is 4. The van der Waals surface area contributed by atoms with E-state index in [4.69, 9.17) is 13.9 Å². The minimum Gasteiger partial charge on any atom is -0.496 e. The molecule has 0 N–H and O–H groups in total. The summed E-state index contributed by atoms with van der Waals surface area (Å²) in [6, 6.07) is 19.8. The molecule has 2 heterocycles. The van der Waals surface area contributed by atoms with Crippen LogP contribution in [0, 0.1) is 0 Å². The van der Waals surface area contributed by atoms with Crippen molar-refractivity contribution in [3.05, 3.63) is 71.8 Å². The van der Waals surface area contributed by atoms with Gasteiger partial charge >= 0.3 is 0 Å². The molecule has 3 aromatic carbocycles. The standard InChI is InChI=1S/C25H23NO4/c1-28-22-8-5-9-23(29-2)25(22)19-11-13-24(27)26(19)15-16-10-12-21-18(14-16)17-6-3-4-7-20(17)30-21/h3-10,12,14,19H,11,13,15H2,1-2H3/t19-/m1/s1. The van der Waals surface area contributed by atoms with Gasteiger partial charge in [-0.05, 0) is 42.3 Å². The first-order valence-electron chi connectivity index (χ1n) is 10.1. The van der Waals surface area contributed by atoms with Crippen molar-refractivity contribution >= 4 is 27.8 Å². The van der Waals surface area contributed by atoms with Gasteiger partial charge < -0.3 is 18.8 Å². The maximum absolute atomic E-state index is 12.8. The number of methoxy groups -OCH3 is 2. The fourth-order valence-corrected chi connectivity index (χ4v) is 4.51. The lowest BCUT2D eigenvalue weighted by Gasteiger charge is -2.28. The first-order valence-corrected chi connectivity index (χ1v) is 10.1. The van der Waals surface area contributed by atoms with E-state index in [0.717, 1.165) is 51.0 Å². The van der Waals surface area contributed by atoms with Crippen molar-refractivity contribution in [1.82, 2.24) is 4.90 Å². The Morgan fingerprint density at radius 1 is 0.933 bits per heavy atom. The summed E-state index contributed by atoms with van der Waals surface area (Å²) in [7, 11) is 3.30. The Kier molecular flexibility index (Phi) is 4.58. The molecule has 0 unspecified atom stereocenters. The Bertz CT molecular complexity index is 1220. The van der Waals surface area contributed by atoms with E-state index in [0.29, 0.717) is 13.0 Å². The van der Waals surface area contributed by atoms with Gasteiger partial charge in [0.15, 0.2) is 0 Å². The summed E-state index contributed by atoms with van der Waals surface area (Å²) in [5, 5.41) is 2.16. The number of para-hydroxylation sites is 1. The third-order valence-corrected chi connectivity index (χ3v) is 5.92. The maximum Gasteiger partial charge on any atom is 0.223 e. The van der Waals surface area contributed by atoms with Crippen LogP contribution in [0.1, 0.15) is 30.0 Å². The summed E-state index contributed by atoms with van der Waals surface area (Å²) >= 11 is 0. The molecule has 0 aliphatic carbocycles. The van der Waals surface area contributed by atoms with Crippen LogP contribution in [0.15, 0.2) is 65.1 Å². The lowest BCUT2D eigenvalue weighted by molar-refractivity contribution is -0.129. The largest absolute Gasteiger partial charge is 0.496 e. The van der Waals surface area contributed by atoms with E-state index in [1.807, 2.05) is 53.4 Å². The summed E-state index contributed by atoms with van der Waals surface area (Å²) in [6.45, 7) is 0.528. The summed E-state index contributed by atoms with van der Waals surface area (Å²) in [6.07, 6.45) is 1.26. The van der Waals surface area contributed by atoms with E-state index >= 15 is 0 Å². The second-order valence-corrected chi connectivity index (χ2v) is 7.58. The molecule has 0 bridgehead atoms. The molecule has 1 fully saturated rings. The molecule has 1 saturated heterocycles. The lowest BCUT2D eigenvalue weighted by Crippen LogP contribution is -2.27. The normalized spacial score (nSPS) is 16.5. The van der Waals surface area contributed by atoms with Crippen molar-refractivity contribution in [2.75, 3.05) is 14.2 Å². The van der Waals surface area contributed by atoms with Crippen LogP contribution in [0.2, 0.25) is 0 Å². The minimum absolute atomic E-state index is 0.0830. The molecule has 4 aromatic rings. The second-order valence-electron chi connectivity index (χ2n) is 7.58. The van der Waals surface area contributed by atoms with Gasteiger partial charge in [0, 0.05) is 23.7 Å². The molecular formula is C25H23NO4. The van der Waals surface area contributed by atoms with Gasteiger partial charge in [-0.2, -0.15) is 0 Å². The Labute approximate surface area is 174 Å². The SMILES string of the molecule is COc1cccc(OC)c1[C@H]1CCC(=O)N1Cc1ccc2oc3ccccc3c2c1. The molecule has 1 aliphatic heterocycles. The van der Waals surface area contributed by atoms with E-state index in [1.54, 1.807) is 14.2 Å². The number of carbonyl (C=O) groups is 1. The Balaban J connectivity index is 1.53. The Hall–Kier alpha value is -3.47. The van der Waals surface area contributed by atoms with Crippen LogP contribution in [0.3, 0.4) is 0 Å². The molecule has 1 amide bonds. The van der Waals surface area contributed by atoms with E-state index in [2.05, 4.69) is 12.1 Å². The van der Waals surface area contributed by atoms with E-state index in [1.165, 1.54) is 0 Å². The average molecular weight is 401 g/mol. The van der Waals surface area contributed by atoms with Crippen LogP contribution in [0.4, 0.5) is 0 Å². The van der Waals surface area contributed by atoms with Crippen LogP contribution in [-0.2, 0) is 11.3 Å².